The average Bonchev–Trinajstić information content (AvgIpc) is 3.54. The molecule has 1 unspecified atom stereocenters. The van der Waals surface area contributed by atoms with Crippen LogP contribution in [0.1, 0.15) is 53.9 Å². The molecular formula is C36H34ClN3O2. The van der Waals surface area contributed by atoms with Gasteiger partial charge in [0.15, 0.2) is 0 Å². The van der Waals surface area contributed by atoms with Crippen molar-refractivity contribution in [3.8, 4) is 11.3 Å². The number of nitrogens with one attached hydrogen (secondary N) is 1. The van der Waals surface area contributed by atoms with Crippen LogP contribution < -0.4 is 10.9 Å². The van der Waals surface area contributed by atoms with E-state index < -0.39 is 0 Å². The summed E-state index contributed by atoms with van der Waals surface area (Å²) < 4.78 is 1.53. The molecule has 6 heteroatoms. The van der Waals surface area contributed by atoms with E-state index in [1.165, 1.54) is 10.2 Å². The lowest BCUT2D eigenvalue weighted by Crippen LogP contribution is -2.32. The fraction of sp³-hybridized carbons (Fsp3) is 0.250. The van der Waals surface area contributed by atoms with Gasteiger partial charge in [0.25, 0.3) is 5.56 Å². The van der Waals surface area contributed by atoms with Crippen molar-refractivity contribution in [2.75, 3.05) is 0 Å². The Labute approximate surface area is 251 Å². The lowest BCUT2D eigenvalue weighted by Gasteiger charge is -2.23. The number of carbonyl (C=O) groups is 1. The lowest BCUT2D eigenvalue weighted by molar-refractivity contribution is -0.123. The van der Waals surface area contributed by atoms with Crippen molar-refractivity contribution in [1.29, 1.82) is 0 Å². The van der Waals surface area contributed by atoms with Crippen LogP contribution in [0.15, 0.2) is 102 Å². The third-order valence-electron chi connectivity index (χ3n) is 8.40. The van der Waals surface area contributed by atoms with E-state index in [1.54, 1.807) is 0 Å². The van der Waals surface area contributed by atoms with Crippen LogP contribution in [0.4, 0.5) is 0 Å². The van der Waals surface area contributed by atoms with Gasteiger partial charge in [0.2, 0.25) is 5.91 Å². The van der Waals surface area contributed by atoms with Crippen molar-refractivity contribution in [1.82, 2.24) is 15.1 Å². The van der Waals surface area contributed by atoms with Crippen molar-refractivity contribution >= 4 is 28.3 Å². The van der Waals surface area contributed by atoms with Crippen molar-refractivity contribution in [3.05, 3.63) is 135 Å². The van der Waals surface area contributed by atoms with Crippen molar-refractivity contribution in [3.63, 3.8) is 0 Å². The summed E-state index contributed by atoms with van der Waals surface area (Å²) in [6.45, 7) is 2.92. The van der Waals surface area contributed by atoms with E-state index in [9.17, 15) is 9.59 Å². The van der Waals surface area contributed by atoms with Gasteiger partial charge in [0.1, 0.15) is 0 Å². The molecule has 1 fully saturated rings. The molecule has 1 amide bonds. The van der Waals surface area contributed by atoms with Crippen LogP contribution >= 0.6 is 11.6 Å². The molecule has 1 aliphatic carbocycles. The summed E-state index contributed by atoms with van der Waals surface area (Å²) >= 11 is 6.13. The van der Waals surface area contributed by atoms with Gasteiger partial charge in [-0.15, -0.1) is 0 Å². The van der Waals surface area contributed by atoms with E-state index in [4.69, 9.17) is 16.7 Å². The van der Waals surface area contributed by atoms with Gasteiger partial charge in [-0.3, -0.25) is 9.59 Å². The highest BCUT2D eigenvalue weighted by Crippen LogP contribution is 2.38. The SMILES string of the molecule is Cc1ccc(CNC(=O)C(c2ccc(Cn3nc(-c4ccc(Cl)cc4)c4ccccc4c3=O)cc2)C2CCCC2)cc1. The molecule has 42 heavy (non-hydrogen) atoms. The molecule has 6 rings (SSSR count). The molecule has 4 aromatic carbocycles. The zero-order valence-electron chi connectivity index (χ0n) is 23.7. The van der Waals surface area contributed by atoms with Gasteiger partial charge in [-0.2, -0.15) is 5.10 Å². The highest BCUT2D eigenvalue weighted by Gasteiger charge is 2.32. The first-order valence-corrected chi connectivity index (χ1v) is 15.0. The fourth-order valence-electron chi connectivity index (χ4n) is 6.10. The van der Waals surface area contributed by atoms with Crippen LogP contribution in [0.2, 0.25) is 5.02 Å². The number of amides is 1. The maximum atomic E-state index is 13.5. The van der Waals surface area contributed by atoms with Gasteiger partial charge in [-0.1, -0.05) is 109 Å². The monoisotopic (exact) mass is 575 g/mol. The molecule has 0 spiro atoms. The number of fused-ring (bicyclic) bond motifs is 1. The zero-order valence-corrected chi connectivity index (χ0v) is 24.5. The molecule has 0 aliphatic heterocycles. The van der Waals surface area contributed by atoms with Crippen LogP contribution in [0, 0.1) is 12.8 Å². The van der Waals surface area contributed by atoms with Gasteiger partial charge < -0.3 is 5.32 Å². The Bertz CT molecular complexity index is 1750. The number of hydrogen-bond donors (Lipinski definition) is 1. The topological polar surface area (TPSA) is 64.0 Å². The molecular weight excluding hydrogens is 542 g/mol. The second-order valence-corrected chi connectivity index (χ2v) is 11.8. The second kappa shape index (κ2) is 12.3. The fourth-order valence-corrected chi connectivity index (χ4v) is 6.23. The Morgan fingerprint density at radius 3 is 2.21 bits per heavy atom. The van der Waals surface area contributed by atoms with E-state index in [1.807, 2.05) is 60.7 Å². The van der Waals surface area contributed by atoms with Crippen LogP contribution in [0.5, 0.6) is 0 Å². The van der Waals surface area contributed by atoms with Crippen molar-refractivity contribution in [2.45, 2.75) is 51.6 Å². The number of benzene rings is 4. The summed E-state index contributed by atoms with van der Waals surface area (Å²) in [5.41, 5.74) is 5.79. The van der Waals surface area contributed by atoms with Crippen molar-refractivity contribution < 1.29 is 4.79 Å². The molecule has 1 aliphatic rings. The quantitative estimate of drug-likeness (QED) is 0.206. The Hall–Kier alpha value is -4.22. The molecule has 1 aromatic heterocycles. The van der Waals surface area contributed by atoms with E-state index in [0.717, 1.165) is 59.0 Å². The summed E-state index contributed by atoms with van der Waals surface area (Å²) in [7, 11) is 0. The Morgan fingerprint density at radius 1 is 0.881 bits per heavy atom. The maximum Gasteiger partial charge on any atom is 0.274 e. The van der Waals surface area contributed by atoms with Gasteiger partial charge in [-0.05, 0) is 60.6 Å². The first-order valence-electron chi connectivity index (χ1n) is 14.6. The minimum absolute atomic E-state index is 0.0789. The number of aryl methyl sites for hydroxylation is 1. The minimum Gasteiger partial charge on any atom is -0.351 e. The number of rotatable bonds is 8. The summed E-state index contributed by atoms with van der Waals surface area (Å²) in [4.78, 5) is 27.0. The van der Waals surface area contributed by atoms with Crippen LogP contribution in [-0.2, 0) is 17.9 Å². The third kappa shape index (κ3) is 6.02. The van der Waals surface area contributed by atoms with Gasteiger partial charge in [-0.25, -0.2) is 4.68 Å². The molecule has 212 valence electrons. The molecule has 0 saturated heterocycles. The van der Waals surface area contributed by atoms with E-state index >= 15 is 0 Å². The molecule has 0 radical (unpaired) electrons. The molecule has 5 aromatic rings. The van der Waals surface area contributed by atoms with E-state index in [-0.39, 0.29) is 17.4 Å². The minimum atomic E-state index is -0.190. The van der Waals surface area contributed by atoms with Crippen LogP contribution in [-0.4, -0.2) is 15.7 Å². The second-order valence-electron chi connectivity index (χ2n) is 11.3. The lowest BCUT2D eigenvalue weighted by atomic mass is 9.83. The first kappa shape index (κ1) is 27.9. The van der Waals surface area contributed by atoms with Crippen LogP contribution in [0.25, 0.3) is 22.0 Å². The van der Waals surface area contributed by atoms with Crippen molar-refractivity contribution in [2.24, 2.45) is 5.92 Å². The smallest absolute Gasteiger partial charge is 0.274 e. The molecule has 1 heterocycles. The molecule has 1 atom stereocenters. The van der Waals surface area contributed by atoms with Gasteiger partial charge in [0, 0.05) is 22.5 Å². The van der Waals surface area contributed by atoms with E-state index in [2.05, 4.69) is 48.6 Å². The maximum absolute atomic E-state index is 13.5. The highest BCUT2D eigenvalue weighted by molar-refractivity contribution is 6.30. The van der Waals surface area contributed by atoms with Gasteiger partial charge in [0.05, 0.1) is 23.5 Å². The highest BCUT2D eigenvalue weighted by atomic mass is 35.5. The molecule has 0 bridgehead atoms. The van der Waals surface area contributed by atoms with Crippen LogP contribution in [0.3, 0.4) is 0 Å². The van der Waals surface area contributed by atoms with E-state index in [0.29, 0.717) is 29.4 Å². The third-order valence-corrected chi connectivity index (χ3v) is 8.65. The standard InChI is InChI=1S/C36H34ClN3O2/c1-24-10-12-25(13-11-24)22-38-35(41)33(27-6-2-3-7-27)28-16-14-26(15-17-28)23-40-36(42)32-9-5-4-8-31(32)34(39-40)29-18-20-30(37)21-19-29/h4-5,8-21,27,33H,2-3,6-7,22-23H2,1H3,(H,38,41). The summed E-state index contributed by atoms with van der Waals surface area (Å²) in [6.07, 6.45) is 4.45. The number of aromatic nitrogens is 2. The predicted molar refractivity (Wildman–Crippen MR) is 170 cm³/mol. The molecule has 1 saturated carbocycles. The number of halogens is 1. The summed E-state index contributed by atoms with van der Waals surface area (Å²) in [5, 5.41) is 10.1. The molecule has 1 N–H and O–H groups in total. The number of carbonyl (C=O) groups excluding carboxylic acids is 1. The predicted octanol–water partition coefficient (Wildman–Crippen LogP) is 7.66. The largest absolute Gasteiger partial charge is 0.351 e. The Morgan fingerprint density at radius 2 is 1.52 bits per heavy atom. The number of hydrogen-bond acceptors (Lipinski definition) is 3. The first-order chi connectivity index (χ1) is 20.5. The zero-order chi connectivity index (χ0) is 29.1. The summed E-state index contributed by atoms with van der Waals surface area (Å²) in [6, 6.07) is 31.5. The Balaban J connectivity index is 1.26. The normalized spacial score (nSPS) is 14.2. The Kier molecular flexibility index (Phi) is 8.20. The summed E-state index contributed by atoms with van der Waals surface area (Å²) in [5.74, 6) is 0.223. The molecule has 5 nitrogen and oxygen atoms in total. The van der Waals surface area contributed by atoms with Gasteiger partial charge >= 0.3 is 0 Å². The average molecular weight is 576 g/mol. The number of nitrogens with zero attached hydrogens (tertiary/aromatic N) is 2.